The Bertz CT molecular complexity index is 1790. The Morgan fingerprint density at radius 2 is 0.889 bits per heavy atom. The van der Waals surface area contributed by atoms with Gasteiger partial charge < -0.3 is 4.57 Å². The van der Waals surface area contributed by atoms with Gasteiger partial charge in [0, 0.05) is 20.6 Å². The van der Waals surface area contributed by atoms with Crippen LogP contribution in [-0.4, -0.2) is 4.57 Å². The number of rotatable bonds is 3. The third kappa shape index (κ3) is 3.37. The highest BCUT2D eigenvalue weighted by Crippen LogP contribution is 2.39. The summed E-state index contributed by atoms with van der Waals surface area (Å²) in [4.78, 5) is 0. The van der Waals surface area contributed by atoms with Gasteiger partial charge in [0.05, 0.1) is 16.7 Å². The molecule has 6 aromatic carbocycles. The van der Waals surface area contributed by atoms with E-state index >= 15 is 0 Å². The fourth-order valence-electron chi connectivity index (χ4n) is 5.34. The maximum Gasteiger partial charge on any atom is 0.0541 e. The van der Waals surface area contributed by atoms with E-state index in [9.17, 15) is 0 Å². The Hall–Kier alpha value is -4.14. The molecule has 1 aromatic heterocycles. The summed E-state index contributed by atoms with van der Waals surface area (Å²) < 4.78 is 3.53. The zero-order chi connectivity index (χ0) is 24.1. The van der Waals surface area contributed by atoms with Crippen molar-refractivity contribution in [3.8, 4) is 27.9 Å². The maximum absolute atomic E-state index is 3.76. The summed E-state index contributed by atoms with van der Waals surface area (Å²) in [6.45, 7) is 0. The van der Waals surface area contributed by atoms with E-state index in [1.165, 1.54) is 60.5 Å². The molecule has 1 heterocycles. The first-order valence-corrected chi connectivity index (χ1v) is 12.9. The molecule has 0 saturated carbocycles. The molecule has 7 aromatic rings. The molecular formula is C34H22BrN. The number of fused-ring (bicyclic) bond motifs is 4. The van der Waals surface area contributed by atoms with Gasteiger partial charge in [-0.05, 0) is 64.0 Å². The Labute approximate surface area is 218 Å². The van der Waals surface area contributed by atoms with E-state index in [1.807, 2.05) is 0 Å². The highest BCUT2D eigenvalue weighted by molar-refractivity contribution is 9.10. The number of nitrogens with zero attached hydrogens (tertiary/aromatic N) is 1. The first-order chi connectivity index (χ1) is 17.8. The van der Waals surface area contributed by atoms with Crippen LogP contribution in [0.5, 0.6) is 0 Å². The average molecular weight is 524 g/mol. The lowest BCUT2D eigenvalue weighted by Crippen LogP contribution is -1.95. The molecular weight excluding hydrogens is 502 g/mol. The lowest BCUT2D eigenvalue weighted by atomic mass is 10.0. The minimum Gasteiger partial charge on any atom is -0.309 e. The number of hydrogen-bond acceptors (Lipinski definition) is 0. The molecule has 36 heavy (non-hydrogen) atoms. The first kappa shape index (κ1) is 21.2. The van der Waals surface area contributed by atoms with Gasteiger partial charge in [0.2, 0.25) is 0 Å². The average Bonchev–Trinajstić information content (AvgIpc) is 3.27. The van der Waals surface area contributed by atoms with Gasteiger partial charge in [-0.1, -0.05) is 113 Å². The molecule has 7 rings (SSSR count). The topological polar surface area (TPSA) is 4.93 Å². The predicted molar refractivity (Wildman–Crippen MR) is 157 cm³/mol. The van der Waals surface area contributed by atoms with Gasteiger partial charge in [-0.3, -0.25) is 0 Å². The van der Waals surface area contributed by atoms with Gasteiger partial charge in [-0.2, -0.15) is 0 Å². The Balaban J connectivity index is 1.58. The molecule has 0 amide bonds. The Morgan fingerprint density at radius 3 is 1.44 bits per heavy atom. The molecule has 0 radical (unpaired) electrons. The quantitative estimate of drug-likeness (QED) is 0.217. The summed E-state index contributed by atoms with van der Waals surface area (Å²) >= 11 is 3.76. The highest BCUT2D eigenvalue weighted by atomic mass is 79.9. The van der Waals surface area contributed by atoms with Crippen molar-refractivity contribution in [1.82, 2.24) is 4.57 Å². The van der Waals surface area contributed by atoms with Gasteiger partial charge in [-0.25, -0.2) is 0 Å². The molecule has 0 fully saturated rings. The maximum atomic E-state index is 3.76. The van der Waals surface area contributed by atoms with Crippen LogP contribution < -0.4 is 0 Å². The summed E-state index contributed by atoms with van der Waals surface area (Å²) in [5, 5.41) is 4.96. The molecule has 0 aliphatic carbocycles. The van der Waals surface area contributed by atoms with Gasteiger partial charge in [0.15, 0.2) is 0 Å². The van der Waals surface area contributed by atoms with E-state index in [4.69, 9.17) is 0 Å². The molecule has 1 nitrogen and oxygen atoms in total. The van der Waals surface area contributed by atoms with Crippen LogP contribution in [0.3, 0.4) is 0 Å². The second-order valence-corrected chi connectivity index (χ2v) is 10.00. The van der Waals surface area contributed by atoms with Crippen molar-refractivity contribution in [1.29, 1.82) is 0 Å². The summed E-state index contributed by atoms with van der Waals surface area (Å²) in [6, 6.07) is 48.0. The minimum absolute atomic E-state index is 1.11. The fraction of sp³-hybridized carbons (Fsp3) is 0. The van der Waals surface area contributed by atoms with Crippen molar-refractivity contribution in [2.45, 2.75) is 0 Å². The predicted octanol–water partition coefficient (Wildman–Crippen LogP) is 10.0. The second-order valence-electron chi connectivity index (χ2n) is 9.14. The lowest BCUT2D eigenvalue weighted by Gasteiger charge is -2.13. The smallest absolute Gasteiger partial charge is 0.0541 e. The van der Waals surface area contributed by atoms with Crippen molar-refractivity contribution in [3.63, 3.8) is 0 Å². The standard InChI is InChI=1S/C34H22BrN/c35-31-17-20-32(28-14-8-7-13-27(28)31)36-33-18-15-25(23-9-3-1-4-10-23)21-29(33)30-22-26(16-19-34(30)36)24-11-5-2-6-12-24/h1-22H. The fourth-order valence-corrected chi connectivity index (χ4v) is 5.82. The largest absolute Gasteiger partial charge is 0.309 e. The lowest BCUT2D eigenvalue weighted by molar-refractivity contribution is 1.20. The molecule has 2 heteroatoms. The number of aromatic nitrogens is 1. The molecule has 0 N–H and O–H groups in total. The minimum atomic E-state index is 1.11. The van der Waals surface area contributed by atoms with Crippen LogP contribution in [0.15, 0.2) is 138 Å². The van der Waals surface area contributed by atoms with Gasteiger partial charge in [0.25, 0.3) is 0 Å². The van der Waals surface area contributed by atoms with Crippen LogP contribution in [0.4, 0.5) is 0 Å². The van der Waals surface area contributed by atoms with E-state index < -0.39 is 0 Å². The van der Waals surface area contributed by atoms with Crippen LogP contribution in [0.1, 0.15) is 0 Å². The molecule has 0 bridgehead atoms. The van der Waals surface area contributed by atoms with Crippen LogP contribution in [0.2, 0.25) is 0 Å². The number of hydrogen-bond donors (Lipinski definition) is 0. The molecule has 0 unspecified atom stereocenters. The SMILES string of the molecule is Brc1ccc(-n2c3ccc(-c4ccccc4)cc3c3cc(-c4ccccc4)ccc32)c2ccccc12. The van der Waals surface area contributed by atoms with E-state index in [-0.39, 0.29) is 0 Å². The van der Waals surface area contributed by atoms with Crippen molar-refractivity contribution < 1.29 is 0 Å². The highest BCUT2D eigenvalue weighted by Gasteiger charge is 2.16. The Morgan fingerprint density at radius 1 is 0.389 bits per heavy atom. The van der Waals surface area contributed by atoms with Crippen LogP contribution in [-0.2, 0) is 0 Å². The van der Waals surface area contributed by atoms with E-state index in [0.29, 0.717) is 0 Å². The normalized spacial score (nSPS) is 11.5. The third-order valence-corrected chi connectivity index (χ3v) is 7.76. The summed E-state index contributed by atoms with van der Waals surface area (Å²) in [5.41, 5.74) is 8.53. The number of benzene rings is 6. The van der Waals surface area contributed by atoms with Crippen molar-refractivity contribution >= 4 is 48.5 Å². The molecule has 0 aliphatic rings. The zero-order valence-electron chi connectivity index (χ0n) is 19.5. The van der Waals surface area contributed by atoms with Crippen LogP contribution in [0.25, 0.3) is 60.5 Å². The molecule has 0 saturated heterocycles. The second kappa shape index (κ2) is 8.51. The number of halogens is 1. The first-order valence-electron chi connectivity index (χ1n) is 12.1. The summed E-state index contributed by atoms with van der Waals surface area (Å²) in [6.07, 6.45) is 0. The molecule has 0 aliphatic heterocycles. The summed E-state index contributed by atoms with van der Waals surface area (Å²) in [5.74, 6) is 0. The van der Waals surface area contributed by atoms with Crippen molar-refractivity contribution in [2.75, 3.05) is 0 Å². The molecule has 0 spiro atoms. The summed E-state index contributed by atoms with van der Waals surface area (Å²) in [7, 11) is 0. The third-order valence-electron chi connectivity index (χ3n) is 7.07. The van der Waals surface area contributed by atoms with E-state index in [1.54, 1.807) is 0 Å². The van der Waals surface area contributed by atoms with Crippen molar-refractivity contribution in [2.24, 2.45) is 0 Å². The zero-order valence-corrected chi connectivity index (χ0v) is 21.1. The van der Waals surface area contributed by atoms with Crippen LogP contribution >= 0.6 is 15.9 Å². The monoisotopic (exact) mass is 523 g/mol. The van der Waals surface area contributed by atoms with Crippen LogP contribution in [0, 0.1) is 0 Å². The van der Waals surface area contributed by atoms with Crippen molar-refractivity contribution in [3.05, 3.63) is 138 Å². The van der Waals surface area contributed by atoms with E-state index in [2.05, 4.69) is 154 Å². The van der Waals surface area contributed by atoms with Gasteiger partial charge in [0.1, 0.15) is 0 Å². The Kier molecular flexibility index (Phi) is 5.00. The van der Waals surface area contributed by atoms with Gasteiger partial charge in [-0.15, -0.1) is 0 Å². The molecule has 0 atom stereocenters. The molecule has 170 valence electrons. The van der Waals surface area contributed by atoms with Gasteiger partial charge >= 0.3 is 0 Å². The van der Waals surface area contributed by atoms with E-state index in [0.717, 1.165) is 4.47 Å².